The molecule has 0 amide bonds. The molecule has 0 aliphatic heterocycles. The lowest BCUT2D eigenvalue weighted by Gasteiger charge is -2.37. The fourth-order valence-corrected chi connectivity index (χ4v) is 2.56. The van der Waals surface area contributed by atoms with Crippen molar-refractivity contribution in [1.82, 2.24) is 0 Å². The highest BCUT2D eigenvalue weighted by atomic mass is 16.3. The summed E-state index contributed by atoms with van der Waals surface area (Å²) in [6, 6.07) is 7.94. The van der Waals surface area contributed by atoms with Crippen molar-refractivity contribution in [2.45, 2.75) is 58.1 Å². The molecule has 0 saturated heterocycles. The van der Waals surface area contributed by atoms with E-state index in [9.17, 15) is 5.11 Å². The maximum absolute atomic E-state index is 10.5. The van der Waals surface area contributed by atoms with Gasteiger partial charge >= 0.3 is 0 Å². The van der Waals surface area contributed by atoms with Crippen LogP contribution in [0.4, 0.5) is 0 Å². The fourth-order valence-electron chi connectivity index (χ4n) is 2.56. The molecule has 1 saturated carbocycles. The Morgan fingerprint density at radius 2 is 1.65 bits per heavy atom. The van der Waals surface area contributed by atoms with Gasteiger partial charge in [-0.25, -0.2) is 0 Å². The van der Waals surface area contributed by atoms with Gasteiger partial charge in [0, 0.05) is 0 Å². The zero-order valence-electron chi connectivity index (χ0n) is 9.95. The highest BCUT2D eigenvalue weighted by Crippen LogP contribution is 2.36. The summed E-state index contributed by atoms with van der Waals surface area (Å²) in [4.78, 5) is 0. The molecule has 1 aliphatic carbocycles. The Morgan fingerprint density at radius 3 is 2.18 bits per heavy atom. The summed E-state index contributed by atoms with van der Waals surface area (Å²) in [5, 5.41) is 10.5. The first kappa shape index (κ1) is 14.2. The van der Waals surface area contributed by atoms with E-state index in [-0.39, 0.29) is 13.5 Å². The molecule has 1 unspecified atom stereocenters. The molecule has 2 rings (SSSR count). The second-order valence-corrected chi connectivity index (χ2v) is 5.05. The molecule has 1 aromatic carbocycles. The largest absolute Gasteiger partial charge is 0.388 e. The van der Waals surface area contributed by atoms with Crippen molar-refractivity contribution in [2.75, 3.05) is 0 Å². The molecule has 1 fully saturated rings. The third-order valence-electron chi connectivity index (χ3n) is 3.73. The van der Waals surface area contributed by atoms with E-state index < -0.39 is 5.60 Å². The van der Waals surface area contributed by atoms with Gasteiger partial charge in [0.25, 0.3) is 0 Å². The summed E-state index contributed by atoms with van der Waals surface area (Å²) in [5.74, 6) is 0. The summed E-state index contributed by atoms with van der Waals surface area (Å²) in [7, 11) is 0. The van der Waals surface area contributed by atoms with Gasteiger partial charge in [0.1, 0.15) is 0 Å². The van der Waals surface area contributed by atoms with E-state index in [2.05, 4.69) is 19.1 Å². The SMILES string of the molecule is C.Cc1ccc(C(N)C2(O)CCCCC2)cc1. The lowest BCUT2D eigenvalue weighted by Crippen LogP contribution is -2.42. The topological polar surface area (TPSA) is 46.2 Å². The summed E-state index contributed by atoms with van der Waals surface area (Å²) < 4.78 is 0. The Hall–Kier alpha value is -0.860. The van der Waals surface area contributed by atoms with Crippen LogP contribution in [0.25, 0.3) is 0 Å². The van der Waals surface area contributed by atoms with Crippen molar-refractivity contribution in [3.8, 4) is 0 Å². The zero-order valence-corrected chi connectivity index (χ0v) is 9.95. The lowest BCUT2D eigenvalue weighted by atomic mass is 9.77. The predicted molar refractivity (Wildman–Crippen MR) is 72.9 cm³/mol. The van der Waals surface area contributed by atoms with Gasteiger partial charge in [-0.3, -0.25) is 0 Å². The number of aliphatic hydroxyl groups is 1. The predicted octanol–water partition coefficient (Wildman–Crippen LogP) is 3.33. The number of benzene rings is 1. The van der Waals surface area contributed by atoms with Gasteiger partial charge in [0.2, 0.25) is 0 Å². The van der Waals surface area contributed by atoms with Gasteiger partial charge < -0.3 is 10.8 Å². The van der Waals surface area contributed by atoms with Gasteiger partial charge in [0.05, 0.1) is 11.6 Å². The Kier molecular flexibility index (Phi) is 4.72. The Bertz CT molecular complexity index is 338. The number of nitrogens with two attached hydrogens (primary N) is 1. The van der Waals surface area contributed by atoms with Crippen LogP contribution in [0.3, 0.4) is 0 Å². The van der Waals surface area contributed by atoms with Crippen molar-refractivity contribution >= 4 is 0 Å². The molecule has 1 aromatic rings. The number of hydrogen-bond acceptors (Lipinski definition) is 2. The summed E-state index contributed by atoms with van der Waals surface area (Å²) in [5.41, 5.74) is 7.80. The molecule has 17 heavy (non-hydrogen) atoms. The highest BCUT2D eigenvalue weighted by Gasteiger charge is 2.36. The molecule has 0 bridgehead atoms. The third kappa shape index (κ3) is 3.08. The molecule has 3 N–H and O–H groups in total. The minimum atomic E-state index is -0.687. The molecule has 1 atom stereocenters. The number of hydrogen-bond donors (Lipinski definition) is 2. The van der Waals surface area contributed by atoms with Gasteiger partial charge in [-0.15, -0.1) is 0 Å². The summed E-state index contributed by atoms with van der Waals surface area (Å²) in [6.07, 6.45) is 5.08. The molecule has 96 valence electrons. The second kappa shape index (κ2) is 5.65. The van der Waals surface area contributed by atoms with Crippen LogP contribution in [0.15, 0.2) is 24.3 Å². The minimum absolute atomic E-state index is 0. The van der Waals surface area contributed by atoms with Gasteiger partial charge in [-0.1, -0.05) is 56.5 Å². The van der Waals surface area contributed by atoms with Crippen molar-refractivity contribution in [2.24, 2.45) is 5.73 Å². The molecule has 0 aromatic heterocycles. The minimum Gasteiger partial charge on any atom is -0.388 e. The van der Waals surface area contributed by atoms with Crippen molar-refractivity contribution in [1.29, 1.82) is 0 Å². The Morgan fingerprint density at radius 1 is 1.12 bits per heavy atom. The van der Waals surface area contributed by atoms with E-state index in [1.54, 1.807) is 0 Å². The molecule has 0 spiro atoms. The van der Waals surface area contributed by atoms with Crippen molar-refractivity contribution in [3.05, 3.63) is 35.4 Å². The molecule has 0 heterocycles. The third-order valence-corrected chi connectivity index (χ3v) is 3.73. The standard InChI is InChI=1S/C14H21NO.CH4/c1-11-5-7-12(8-6-11)13(15)14(16)9-3-2-4-10-14;/h5-8,13,16H,2-4,9-10,15H2,1H3;1H4. The van der Waals surface area contributed by atoms with Crippen LogP contribution < -0.4 is 5.73 Å². The van der Waals surface area contributed by atoms with Crippen molar-refractivity contribution < 1.29 is 5.11 Å². The number of rotatable bonds is 2. The summed E-state index contributed by atoms with van der Waals surface area (Å²) in [6.45, 7) is 2.06. The van der Waals surface area contributed by atoms with Crippen LogP contribution in [0.2, 0.25) is 0 Å². The molecular formula is C15H25NO. The quantitative estimate of drug-likeness (QED) is 0.826. The molecular weight excluding hydrogens is 210 g/mol. The van der Waals surface area contributed by atoms with Gasteiger partial charge in [-0.05, 0) is 25.3 Å². The number of aryl methyl sites for hydroxylation is 1. The molecule has 0 radical (unpaired) electrons. The zero-order chi connectivity index (χ0) is 11.6. The molecule has 1 aliphatic rings. The molecule has 2 nitrogen and oxygen atoms in total. The van der Waals surface area contributed by atoms with Gasteiger partial charge in [0.15, 0.2) is 0 Å². The van der Waals surface area contributed by atoms with E-state index in [0.717, 1.165) is 31.2 Å². The van der Waals surface area contributed by atoms with Crippen LogP contribution in [0, 0.1) is 6.92 Å². The van der Waals surface area contributed by atoms with Crippen LogP contribution in [-0.2, 0) is 0 Å². The summed E-state index contributed by atoms with van der Waals surface area (Å²) >= 11 is 0. The second-order valence-electron chi connectivity index (χ2n) is 5.05. The first-order valence-corrected chi connectivity index (χ1v) is 6.16. The Labute approximate surface area is 105 Å². The van der Waals surface area contributed by atoms with Crippen LogP contribution in [-0.4, -0.2) is 10.7 Å². The first-order chi connectivity index (χ1) is 7.62. The maximum Gasteiger partial charge on any atom is 0.0839 e. The highest BCUT2D eigenvalue weighted by molar-refractivity contribution is 5.26. The normalized spacial score (nSPS) is 20.4. The lowest BCUT2D eigenvalue weighted by molar-refractivity contribution is -0.0203. The maximum atomic E-state index is 10.5. The Balaban J connectivity index is 0.00000144. The van der Waals surface area contributed by atoms with E-state index in [1.165, 1.54) is 12.0 Å². The van der Waals surface area contributed by atoms with Gasteiger partial charge in [-0.2, -0.15) is 0 Å². The van der Waals surface area contributed by atoms with E-state index >= 15 is 0 Å². The van der Waals surface area contributed by atoms with E-state index in [0.29, 0.717) is 0 Å². The van der Waals surface area contributed by atoms with E-state index in [1.807, 2.05) is 12.1 Å². The fraction of sp³-hybridized carbons (Fsp3) is 0.600. The van der Waals surface area contributed by atoms with E-state index in [4.69, 9.17) is 5.73 Å². The molecule has 2 heteroatoms. The smallest absolute Gasteiger partial charge is 0.0839 e. The van der Waals surface area contributed by atoms with Crippen LogP contribution in [0.1, 0.15) is 56.7 Å². The first-order valence-electron chi connectivity index (χ1n) is 6.16. The van der Waals surface area contributed by atoms with Crippen LogP contribution in [0.5, 0.6) is 0 Å². The average molecular weight is 235 g/mol. The van der Waals surface area contributed by atoms with Crippen molar-refractivity contribution in [3.63, 3.8) is 0 Å². The monoisotopic (exact) mass is 235 g/mol. The van der Waals surface area contributed by atoms with Crippen LogP contribution >= 0.6 is 0 Å². The average Bonchev–Trinajstić information content (AvgIpc) is 2.30.